The quantitative estimate of drug-likeness (QED) is 0.817. The fourth-order valence-corrected chi connectivity index (χ4v) is 2.55. The molecule has 1 aromatic heterocycles. The molecule has 2 heterocycles. The SMILES string of the molecule is O=C(Nc1ccc(F)c(Br)n1)[C@@H]1C[C@H]2C[C@H]2N1. The number of hydrogen-bond donors (Lipinski definition) is 2. The van der Waals surface area contributed by atoms with E-state index in [0.717, 1.165) is 6.42 Å². The average molecular weight is 300 g/mol. The molecular formula is C11H11BrFN3O. The Balaban J connectivity index is 1.65. The van der Waals surface area contributed by atoms with Crippen LogP contribution in [0.15, 0.2) is 16.7 Å². The van der Waals surface area contributed by atoms with E-state index < -0.39 is 5.82 Å². The van der Waals surface area contributed by atoms with Gasteiger partial charge >= 0.3 is 0 Å². The molecule has 1 aromatic rings. The summed E-state index contributed by atoms with van der Waals surface area (Å²) in [5, 5.41) is 5.93. The highest BCUT2D eigenvalue weighted by atomic mass is 79.9. The molecule has 0 spiro atoms. The lowest BCUT2D eigenvalue weighted by Gasteiger charge is -2.12. The predicted molar refractivity (Wildman–Crippen MR) is 64.0 cm³/mol. The highest BCUT2D eigenvalue weighted by molar-refractivity contribution is 9.10. The molecule has 0 bridgehead atoms. The van der Waals surface area contributed by atoms with Gasteiger partial charge in [-0.1, -0.05) is 0 Å². The van der Waals surface area contributed by atoms with Crippen LogP contribution >= 0.6 is 15.9 Å². The van der Waals surface area contributed by atoms with E-state index in [1.807, 2.05) is 0 Å². The van der Waals surface area contributed by atoms with Crippen LogP contribution in [0.4, 0.5) is 10.2 Å². The Morgan fingerprint density at radius 1 is 1.53 bits per heavy atom. The number of aromatic nitrogens is 1. The van der Waals surface area contributed by atoms with Crippen LogP contribution in [-0.2, 0) is 4.79 Å². The first-order valence-corrected chi connectivity index (χ1v) is 6.32. The normalized spacial score (nSPS) is 29.9. The van der Waals surface area contributed by atoms with Crippen LogP contribution in [0.3, 0.4) is 0 Å². The van der Waals surface area contributed by atoms with Crippen molar-refractivity contribution in [3.8, 4) is 0 Å². The van der Waals surface area contributed by atoms with Gasteiger partial charge in [0, 0.05) is 6.04 Å². The monoisotopic (exact) mass is 299 g/mol. The zero-order valence-corrected chi connectivity index (χ0v) is 10.5. The molecule has 1 saturated heterocycles. The Morgan fingerprint density at radius 2 is 2.35 bits per heavy atom. The van der Waals surface area contributed by atoms with E-state index in [9.17, 15) is 9.18 Å². The number of carbonyl (C=O) groups excluding carboxylic acids is 1. The number of hydrogen-bond acceptors (Lipinski definition) is 3. The molecule has 2 aliphatic rings. The van der Waals surface area contributed by atoms with E-state index in [0.29, 0.717) is 17.8 Å². The molecule has 3 rings (SSSR count). The topological polar surface area (TPSA) is 54.0 Å². The van der Waals surface area contributed by atoms with Crippen molar-refractivity contribution in [3.05, 3.63) is 22.6 Å². The molecule has 0 aromatic carbocycles. The zero-order valence-electron chi connectivity index (χ0n) is 8.91. The van der Waals surface area contributed by atoms with Gasteiger partial charge in [-0.25, -0.2) is 9.37 Å². The van der Waals surface area contributed by atoms with Gasteiger partial charge in [0.1, 0.15) is 10.4 Å². The van der Waals surface area contributed by atoms with Crippen molar-refractivity contribution >= 4 is 27.7 Å². The summed E-state index contributed by atoms with van der Waals surface area (Å²) < 4.78 is 13.1. The highest BCUT2D eigenvalue weighted by Crippen LogP contribution is 2.40. The summed E-state index contributed by atoms with van der Waals surface area (Å²) in [6.07, 6.45) is 2.07. The Bertz CT molecular complexity index is 472. The number of nitrogens with zero attached hydrogens (tertiary/aromatic N) is 1. The number of piperidine rings is 1. The minimum Gasteiger partial charge on any atom is -0.309 e. The van der Waals surface area contributed by atoms with E-state index in [1.54, 1.807) is 0 Å². The fourth-order valence-electron chi connectivity index (χ4n) is 2.22. The number of pyridine rings is 1. The van der Waals surface area contributed by atoms with Crippen molar-refractivity contribution in [1.29, 1.82) is 0 Å². The smallest absolute Gasteiger partial charge is 0.242 e. The summed E-state index contributed by atoms with van der Waals surface area (Å²) in [7, 11) is 0. The second-order valence-corrected chi connectivity index (χ2v) is 5.27. The molecule has 3 atom stereocenters. The Morgan fingerprint density at radius 3 is 3.00 bits per heavy atom. The average Bonchev–Trinajstić information content (AvgIpc) is 2.91. The predicted octanol–water partition coefficient (Wildman–Crippen LogP) is 1.67. The van der Waals surface area contributed by atoms with Crippen LogP contribution in [0.5, 0.6) is 0 Å². The molecular weight excluding hydrogens is 289 g/mol. The lowest BCUT2D eigenvalue weighted by atomic mass is 10.2. The zero-order chi connectivity index (χ0) is 12.0. The Labute approximate surface area is 106 Å². The van der Waals surface area contributed by atoms with Crippen molar-refractivity contribution in [2.24, 2.45) is 5.92 Å². The summed E-state index contributed by atoms with van der Waals surface area (Å²) in [4.78, 5) is 15.8. The fraction of sp³-hybridized carbons (Fsp3) is 0.455. The third-order valence-electron chi connectivity index (χ3n) is 3.25. The second-order valence-electron chi connectivity index (χ2n) is 4.52. The Hall–Kier alpha value is -1.01. The van der Waals surface area contributed by atoms with Crippen LogP contribution in [0, 0.1) is 11.7 Å². The first kappa shape index (κ1) is 11.1. The van der Waals surface area contributed by atoms with E-state index in [2.05, 4.69) is 31.5 Å². The van der Waals surface area contributed by atoms with Gasteiger partial charge in [0.05, 0.1) is 6.04 Å². The van der Waals surface area contributed by atoms with Crippen LogP contribution in [-0.4, -0.2) is 23.0 Å². The van der Waals surface area contributed by atoms with Gasteiger partial charge < -0.3 is 10.6 Å². The molecule has 17 heavy (non-hydrogen) atoms. The standard InChI is InChI=1S/C11H11BrFN3O/c12-10-6(13)1-2-9(15-10)16-11(17)8-4-5-3-7(5)14-8/h1-2,5,7-8,14H,3-4H2,(H,15,16,17)/t5-,7-,8+/m1/s1. The number of amides is 1. The van der Waals surface area contributed by atoms with Crippen molar-refractivity contribution in [2.75, 3.05) is 5.32 Å². The minimum atomic E-state index is -0.441. The van der Waals surface area contributed by atoms with Crippen LogP contribution in [0.25, 0.3) is 0 Å². The van der Waals surface area contributed by atoms with Gasteiger partial charge in [-0.05, 0) is 46.8 Å². The van der Waals surface area contributed by atoms with E-state index in [-0.39, 0.29) is 16.6 Å². The van der Waals surface area contributed by atoms with Gasteiger partial charge in [-0.3, -0.25) is 4.79 Å². The molecule has 1 saturated carbocycles. The van der Waals surface area contributed by atoms with E-state index in [1.165, 1.54) is 18.6 Å². The molecule has 0 unspecified atom stereocenters. The lowest BCUT2D eigenvalue weighted by Crippen LogP contribution is -2.38. The van der Waals surface area contributed by atoms with Crippen molar-refractivity contribution in [1.82, 2.24) is 10.3 Å². The maximum absolute atomic E-state index is 13.0. The summed E-state index contributed by atoms with van der Waals surface area (Å²) in [6.45, 7) is 0. The number of nitrogens with one attached hydrogen (secondary N) is 2. The molecule has 1 aliphatic carbocycles. The molecule has 0 radical (unpaired) electrons. The number of rotatable bonds is 2. The second kappa shape index (κ2) is 4.03. The summed E-state index contributed by atoms with van der Waals surface area (Å²) >= 11 is 2.98. The molecule has 4 nitrogen and oxygen atoms in total. The van der Waals surface area contributed by atoms with Crippen LogP contribution in [0.2, 0.25) is 0 Å². The van der Waals surface area contributed by atoms with Gasteiger partial charge in [0.15, 0.2) is 5.82 Å². The molecule has 2 N–H and O–H groups in total. The van der Waals surface area contributed by atoms with Crippen molar-refractivity contribution < 1.29 is 9.18 Å². The third kappa shape index (κ3) is 2.19. The van der Waals surface area contributed by atoms with Crippen LogP contribution < -0.4 is 10.6 Å². The lowest BCUT2D eigenvalue weighted by molar-refractivity contribution is -0.118. The van der Waals surface area contributed by atoms with Gasteiger partial charge in [-0.15, -0.1) is 0 Å². The van der Waals surface area contributed by atoms with Gasteiger partial charge in [-0.2, -0.15) is 0 Å². The summed E-state index contributed by atoms with van der Waals surface area (Å²) in [6, 6.07) is 3.11. The Kier molecular flexibility index (Phi) is 2.63. The summed E-state index contributed by atoms with van der Waals surface area (Å²) in [5.74, 6) is 0.496. The van der Waals surface area contributed by atoms with E-state index >= 15 is 0 Å². The van der Waals surface area contributed by atoms with Crippen LogP contribution in [0.1, 0.15) is 12.8 Å². The number of carbonyl (C=O) groups is 1. The molecule has 2 fully saturated rings. The molecule has 6 heteroatoms. The number of halogens is 2. The maximum Gasteiger partial charge on any atom is 0.242 e. The first-order chi connectivity index (χ1) is 8.13. The molecule has 90 valence electrons. The minimum absolute atomic E-state index is 0.0943. The van der Waals surface area contributed by atoms with E-state index in [4.69, 9.17) is 0 Å². The maximum atomic E-state index is 13.0. The first-order valence-electron chi connectivity index (χ1n) is 5.52. The van der Waals surface area contributed by atoms with Crippen molar-refractivity contribution in [2.45, 2.75) is 24.9 Å². The van der Waals surface area contributed by atoms with Gasteiger partial charge in [0.25, 0.3) is 0 Å². The third-order valence-corrected chi connectivity index (χ3v) is 3.80. The van der Waals surface area contributed by atoms with Gasteiger partial charge in [0.2, 0.25) is 5.91 Å². The molecule has 1 amide bonds. The number of fused-ring (bicyclic) bond motifs is 1. The summed E-state index contributed by atoms with van der Waals surface area (Å²) in [5.41, 5.74) is 0. The molecule has 1 aliphatic heterocycles. The van der Waals surface area contributed by atoms with Crippen molar-refractivity contribution in [3.63, 3.8) is 0 Å². The largest absolute Gasteiger partial charge is 0.309 e. The number of anilines is 1. The highest BCUT2D eigenvalue weighted by Gasteiger charge is 2.47.